The number of furan rings is 1. The molecule has 0 atom stereocenters. The minimum atomic E-state index is 0.863. The molecule has 0 spiro atoms. The van der Waals surface area contributed by atoms with Crippen molar-refractivity contribution >= 4 is 85.7 Å². The summed E-state index contributed by atoms with van der Waals surface area (Å²) >= 11 is 14.1. The number of hydrogen-bond donors (Lipinski definition) is 0. The first-order valence-corrected chi connectivity index (χ1v) is 7.90. The fourth-order valence-corrected chi connectivity index (χ4v) is 4.01. The first-order valence-electron chi connectivity index (χ1n) is 4.73. The van der Waals surface area contributed by atoms with Gasteiger partial charge < -0.3 is 4.42 Å². The monoisotopic (exact) mass is 480 g/mol. The van der Waals surface area contributed by atoms with E-state index in [0.29, 0.717) is 0 Å². The molecule has 0 bridgehead atoms. The fraction of sp³-hybridized carbons (Fsp3) is 0. The van der Waals surface area contributed by atoms with Crippen LogP contribution >= 0.6 is 63.7 Å². The number of fused-ring (bicyclic) bond motifs is 3. The zero-order valence-corrected chi connectivity index (χ0v) is 14.6. The summed E-state index contributed by atoms with van der Waals surface area (Å²) in [5.41, 5.74) is 1.73. The Morgan fingerprint density at radius 2 is 1.65 bits per heavy atom. The van der Waals surface area contributed by atoms with Crippen LogP contribution in [0.5, 0.6) is 0 Å². The van der Waals surface area contributed by atoms with Crippen LogP contribution in [-0.4, -0.2) is 0 Å². The Kier molecular flexibility index (Phi) is 3.14. The van der Waals surface area contributed by atoms with E-state index in [0.717, 1.165) is 39.8 Å². The van der Waals surface area contributed by atoms with Crippen LogP contribution in [0.4, 0.5) is 0 Å². The molecule has 2 aromatic carbocycles. The molecule has 1 heterocycles. The summed E-state index contributed by atoms with van der Waals surface area (Å²) in [7, 11) is 0. The zero-order chi connectivity index (χ0) is 12.2. The average Bonchev–Trinajstić information content (AvgIpc) is 2.63. The molecule has 0 amide bonds. The van der Waals surface area contributed by atoms with Gasteiger partial charge in [-0.25, -0.2) is 0 Å². The molecule has 86 valence electrons. The standard InChI is InChI=1S/C12H4Br4O/c13-5-3-6-10-9(2-1-7(14)11(10)16)17-12(6)8(15)4-5/h1-4H. The van der Waals surface area contributed by atoms with E-state index in [4.69, 9.17) is 4.42 Å². The highest BCUT2D eigenvalue weighted by atomic mass is 79.9. The zero-order valence-electron chi connectivity index (χ0n) is 8.23. The van der Waals surface area contributed by atoms with Crippen molar-refractivity contribution in [2.24, 2.45) is 0 Å². The van der Waals surface area contributed by atoms with Crippen molar-refractivity contribution in [2.45, 2.75) is 0 Å². The molecule has 1 aromatic heterocycles. The largest absolute Gasteiger partial charge is 0.455 e. The van der Waals surface area contributed by atoms with Gasteiger partial charge >= 0.3 is 0 Å². The minimum absolute atomic E-state index is 0.863. The van der Waals surface area contributed by atoms with Gasteiger partial charge in [0.2, 0.25) is 0 Å². The lowest BCUT2D eigenvalue weighted by molar-refractivity contribution is 0.666. The molecule has 0 saturated heterocycles. The molecule has 0 saturated carbocycles. The summed E-state index contributed by atoms with van der Waals surface area (Å²) in [6.07, 6.45) is 0. The molecule has 0 aliphatic heterocycles. The van der Waals surface area contributed by atoms with Crippen LogP contribution in [0.2, 0.25) is 0 Å². The highest BCUT2D eigenvalue weighted by molar-refractivity contribution is 9.13. The smallest absolute Gasteiger partial charge is 0.149 e. The SMILES string of the molecule is Brc1cc(Br)c2oc3ccc(Br)c(Br)c3c2c1. The number of halogens is 4. The first kappa shape index (κ1) is 12.2. The van der Waals surface area contributed by atoms with Gasteiger partial charge in [0.05, 0.1) is 4.47 Å². The summed E-state index contributed by atoms with van der Waals surface area (Å²) in [5, 5.41) is 2.16. The molecule has 0 radical (unpaired) electrons. The molecule has 3 aromatic rings. The van der Waals surface area contributed by atoms with Crippen molar-refractivity contribution in [2.75, 3.05) is 0 Å². The maximum absolute atomic E-state index is 5.86. The highest BCUT2D eigenvalue weighted by Crippen LogP contribution is 2.41. The second kappa shape index (κ2) is 4.37. The van der Waals surface area contributed by atoms with Crippen LogP contribution < -0.4 is 0 Å². The molecule has 0 aliphatic carbocycles. The Labute approximate surface area is 131 Å². The Morgan fingerprint density at radius 3 is 2.41 bits per heavy atom. The second-order valence-corrected chi connectivity index (χ2v) is 7.02. The van der Waals surface area contributed by atoms with Gasteiger partial charge in [-0.1, -0.05) is 15.9 Å². The van der Waals surface area contributed by atoms with E-state index in [9.17, 15) is 0 Å². The van der Waals surface area contributed by atoms with Gasteiger partial charge in [0.25, 0.3) is 0 Å². The topological polar surface area (TPSA) is 13.1 Å². The Morgan fingerprint density at radius 1 is 0.882 bits per heavy atom. The quantitative estimate of drug-likeness (QED) is 0.349. The number of rotatable bonds is 0. The molecular formula is C12H4Br4O. The Balaban J connectivity index is 2.62. The molecule has 5 heteroatoms. The predicted octanol–water partition coefficient (Wildman–Crippen LogP) is 6.64. The summed E-state index contributed by atoms with van der Waals surface area (Å²) in [6.45, 7) is 0. The number of hydrogen-bond acceptors (Lipinski definition) is 1. The van der Waals surface area contributed by atoms with Crippen molar-refractivity contribution in [3.63, 3.8) is 0 Å². The van der Waals surface area contributed by atoms with Crippen molar-refractivity contribution in [1.82, 2.24) is 0 Å². The molecule has 17 heavy (non-hydrogen) atoms. The van der Waals surface area contributed by atoms with E-state index >= 15 is 0 Å². The minimum Gasteiger partial charge on any atom is -0.455 e. The highest BCUT2D eigenvalue weighted by Gasteiger charge is 2.14. The van der Waals surface area contributed by atoms with E-state index in [1.54, 1.807) is 0 Å². The molecular weight excluding hydrogens is 480 g/mol. The van der Waals surface area contributed by atoms with Crippen molar-refractivity contribution in [3.05, 3.63) is 42.2 Å². The van der Waals surface area contributed by atoms with E-state index in [1.807, 2.05) is 18.2 Å². The van der Waals surface area contributed by atoms with E-state index in [2.05, 4.69) is 69.8 Å². The van der Waals surface area contributed by atoms with Crippen molar-refractivity contribution in [3.8, 4) is 0 Å². The third-order valence-corrected chi connectivity index (χ3v) is 5.61. The third kappa shape index (κ3) is 1.91. The lowest BCUT2D eigenvalue weighted by Crippen LogP contribution is -1.73. The molecule has 0 N–H and O–H groups in total. The van der Waals surface area contributed by atoms with Crippen LogP contribution in [0.1, 0.15) is 0 Å². The van der Waals surface area contributed by atoms with Crippen LogP contribution in [-0.2, 0) is 0 Å². The van der Waals surface area contributed by atoms with Gasteiger partial charge in [-0.05, 0) is 72.1 Å². The summed E-state index contributed by atoms with van der Waals surface area (Å²) in [5.74, 6) is 0. The van der Waals surface area contributed by atoms with Gasteiger partial charge in [-0.15, -0.1) is 0 Å². The summed E-state index contributed by atoms with van der Waals surface area (Å²) < 4.78 is 9.85. The maximum Gasteiger partial charge on any atom is 0.149 e. The molecule has 3 rings (SSSR count). The second-order valence-electron chi connectivity index (χ2n) is 3.60. The molecule has 0 aliphatic rings. The summed E-state index contributed by atoms with van der Waals surface area (Å²) in [6, 6.07) is 7.97. The van der Waals surface area contributed by atoms with Gasteiger partial charge in [0, 0.05) is 24.2 Å². The maximum atomic E-state index is 5.86. The van der Waals surface area contributed by atoms with E-state index in [-0.39, 0.29) is 0 Å². The molecule has 0 unspecified atom stereocenters. The van der Waals surface area contributed by atoms with Gasteiger partial charge in [0.15, 0.2) is 0 Å². The average molecular weight is 484 g/mol. The summed E-state index contributed by atoms with van der Waals surface area (Å²) in [4.78, 5) is 0. The van der Waals surface area contributed by atoms with Gasteiger partial charge in [-0.2, -0.15) is 0 Å². The van der Waals surface area contributed by atoms with Crippen molar-refractivity contribution in [1.29, 1.82) is 0 Å². The van der Waals surface area contributed by atoms with Crippen LogP contribution in [0.3, 0.4) is 0 Å². The molecule has 1 nitrogen and oxygen atoms in total. The van der Waals surface area contributed by atoms with Crippen LogP contribution in [0.15, 0.2) is 46.6 Å². The Bertz CT molecular complexity index is 745. The van der Waals surface area contributed by atoms with Crippen molar-refractivity contribution < 1.29 is 4.42 Å². The van der Waals surface area contributed by atoms with Crippen LogP contribution in [0.25, 0.3) is 21.9 Å². The fourth-order valence-electron chi connectivity index (χ4n) is 1.83. The number of benzene rings is 2. The van der Waals surface area contributed by atoms with E-state index < -0.39 is 0 Å². The lowest BCUT2D eigenvalue weighted by Gasteiger charge is -1.98. The van der Waals surface area contributed by atoms with Gasteiger partial charge in [0.1, 0.15) is 11.2 Å². The normalized spacial score (nSPS) is 11.5. The van der Waals surface area contributed by atoms with Crippen LogP contribution in [0, 0.1) is 0 Å². The predicted molar refractivity (Wildman–Crippen MR) is 84.5 cm³/mol. The first-order chi connectivity index (χ1) is 8.08. The van der Waals surface area contributed by atoms with E-state index in [1.165, 1.54) is 0 Å². The van der Waals surface area contributed by atoms with Gasteiger partial charge in [-0.3, -0.25) is 0 Å². The lowest BCUT2D eigenvalue weighted by atomic mass is 10.1. The third-order valence-electron chi connectivity index (χ3n) is 2.55. The Hall–Kier alpha value is 0.160. The molecule has 0 fully saturated rings.